The lowest BCUT2D eigenvalue weighted by molar-refractivity contribution is 0.193. The molecule has 5 rings (SSSR count). The summed E-state index contributed by atoms with van der Waals surface area (Å²) in [4.78, 5) is 29.1. The van der Waals surface area contributed by atoms with Gasteiger partial charge in [-0.2, -0.15) is 5.10 Å². The fourth-order valence-electron chi connectivity index (χ4n) is 4.87. The third kappa shape index (κ3) is 5.50. The Morgan fingerprint density at radius 2 is 2.00 bits per heavy atom. The van der Waals surface area contributed by atoms with Gasteiger partial charge in [-0.15, -0.1) is 0 Å². The maximum absolute atomic E-state index is 12.5. The molecule has 10 nitrogen and oxygen atoms in total. The fourth-order valence-corrected chi connectivity index (χ4v) is 4.87. The van der Waals surface area contributed by atoms with E-state index < -0.39 is 0 Å². The molecule has 0 spiro atoms. The van der Waals surface area contributed by atoms with Crippen molar-refractivity contribution in [1.82, 2.24) is 39.8 Å². The topological polar surface area (TPSA) is 107 Å². The molecule has 0 fully saturated rings. The molecular weight excluding hydrogens is 478 g/mol. The van der Waals surface area contributed by atoms with Crippen molar-refractivity contribution in [2.75, 3.05) is 39.0 Å². The number of carbonyl (C=O) groups excluding carboxylic acids is 1. The van der Waals surface area contributed by atoms with Crippen LogP contribution in [-0.4, -0.2) is 79.8 Å². The molecule has 0 aliphatic carbocycles. The number of amides is 2. The van der Waals surface area contributed by atoms with Crippen LogP contribution in [0, 0.1) is 0 Å². The predicted molar refractivity (Wildman–Crippen MR) is 153 cm³/mol. The molecule has 2 amide bonds. The summed E-state index contributed by atoms with van der Waals surface area (Å²) < 4.78 is 1.94. The average Bonchev–Trinajstić information content (AvgIpc) is 3.46. The molecule has 1 aliphatic rings. The van der Waals surface area contributed by atoms with Crippen molar-refractivity contribution in [3.63, 3.8) is 0 Å². The summed E-state index contributed by atoms with van der Waals surface area (Å²) in [5, 5.41) is 13.1. The highest BCUT2D eigenvalue weighted by Crippen LogP contribution is 2.31. The number of urea groups is 1. The Hall–Kier alpha value is -3.92. The first-order valence-electron chi connectivity index (χ1n) is 13.0. The van der Waals surface area contributed by atoms with Gasteiger partial charge in [0.1, 0.15) is 17.8 Å². The number of hydrogen-bond donors (Lipinski definition) is 3. The molecule has 0 atom stereocenters. The zero-order valence-electron chi connectivity index (χ0n) is 23.1. The van der Waals surface area contributed by atoms with Gasteiger partial charge in [-0.25, -0.2) is 14.8 Å². The molecule has 0 saturated carbocycles. The number of likely N-dealkylation sites (N-methyl/N-ethyl adjacent to an activating group) is 1. The number of benzene rings is 1. The maximum Gasteiger partial charge on any atom is 0.318 e. The molecule has 3 aromatic heterocycles. The van der Waals surface area contributed by atoms with Gasteiger partial charge in [0, 0.05) is 49.0 Å². The zero-order chi connectivity index (χ0) is 27.0. The minimum atomic E-state index is -0.255. The zero-order valence-corrected chi connectivity index (χ0v) is 23.1. The van der Waals surface area contributed by atoms with E-state index in [-0.39, 0.29) is 11.6 Å². The molecule has 1 aromatic carbocycles. The van der Waals surface area contributed by atoms with E-state index in [1.54, 1.807) is 6.33 Å². The largest absolute Gasteiger partial charge is 0.340 e. The molecular formula is C28H37N9O. The van der Waals surface area contributed by atoms with E-state index in [4.69, 9.17) is 0 Å². The SMILES string of the molecule is CN(C)CCc1cc(Nc2ncnc3[nH]c(C4=CCN(C(=O)NC(C)(C)C)CC4)cc23)cc2cnn(C)c12. The highest BCUT2D eigenvalue weighted by atomic mass is 16.2. The van der Waals surface area contributed by atoms with Crippen molar-refractivity contribution in [2.24, 2.45) is 7.05 Å². The summed E-state index contributed by atoms with van der Waals surface area (Å²) in [5.74, 6) is 0.752. The van der Waals surface area contributed by atoms with Gasteiger partial charge >= 0.3 is 6.03 Å². The van der Waals surface area contributed by atoms with Crippen molar-refractivity contribution in [3.8, 4) is 0 Å². The number of rotatable bonds is 6. The molecule has 0 bridgehead atoms. The molecule has 4 heterocycles. The Morgan fingerprint density at radius 3 is 2.71 bits per heavy atom. The smallest absolute Gasteiger partial charge is 0.318 e. The van der Waals surface area contributed by atoms with Gasteiger partial charge in [-0.3, -0.25) is 4.68 Å². The van der Waals surface area contributed by atoms with Crippen LogP contribution in [0.25, 0.3) is 27.5 Å². The summed E-state index contributed by atoms with van der Waals surface area (Å²) >= 11 is 0. The lowest BCUT2D eigenvalue weighted by atomic mass is 10.0. The molecule has 0 radical (unpaired) electrons. The van der Waals surface area contributed by atoms with Gasteiger partial charge in [0.2, 0.25) is 0 Å². The Bertz CT molecular complexity index is 1510. The number of aromatic amines is 1. The number of hydrogen-bond acceptors (Lipinski definition) is 6. The lowest BCUT2D eigenvalue weighted by Gasteiger charge is -2.30. The minimum Gasteiger partial charge on any atom is -0.340 e. The summed E-state index contributed by atoms with van der Waals surface area (Å²) in [5.41, 5.74) is 6.08. The van der Waals surface area contributed by atoms with Gasteiger partial charge in [-0.1, -0.05) is 6.08 Å². The highest BCUT2D eigenvalue weighted by molar-refractivity contribution is 5.94. The Morgan fingerprint density at radius 1 is 1.18 bits per heavy atom. The van der Waals surface area contributed by atoms with E-state index in [1.165, 1.54) is 11.1 Å². The normalized spacial score (nSPS) is 14.4. The highest BCUT2D eigenvalue weighted by Gasteiger charge is 2.23. The standard InChI is InChI=1S/C28H37N9O/c1-28(2,3)34-27(38)37-11-8-18(9-12-37)23-15-22-25(29-17-30-26(22)33-23)32-21-13-19(7-10-35(4)5)24-20(14-21)16-31-36(24)6/h8,13-17H,7,9-12H2,1-6H3,(H,34,38)(H2,29,30,32,33). The van der Waals surface area contributed by atoms with Crippen molar-refractivity contribution < 1.29 is 4.79 Å². The first-order chi connectivity index (χ1) is 18.1. The Balaban J connectivity index is 1.39. The van der Waals surface area contributed by atoms with Crippen LogP contribution >= 0.6 is 0 Å². The number of anilines is 2. The van der Waals surface area contributed by atoms with Crippen molar-refractivity contribution in [1.29, 1.82) is 0 Å². The second-order valence-electron chi connectivity index (χ2n) is 11.3. The van der Waals surface area contributed by atoms with Crippen LogP contribution in [0.15, 0.2) is 36.8 Å². The van der Waals surface area contributed by atoms with Crippen LogP contribution in [0.4, 0.5) is 16.3 Å². The molecule has 4 aromatic rings. The van der Waals surface area contributed by atoms with Crippen LogP contribution in [0.3, 0.4) is 0 Å². The van der Waals surface area contributed by atoms with Crippen molar-refractivity contribution >= 4 is 45.0 Å². The van der Waals surface area contributed by atoms with Gasteiger partial charge < -0.3 is 25.4 Å². The maximum atomic E-state index is 12.5. The summed E-state index contributed by atoms with van der Waals surface area (Å²) in [6.07, 6.45) is 7.29. The fraction of sp³-hybridized carbons (Fsp3) is 0.429. The van der Waals surface area contributed by atoms with E-state index in [0.29, 0.717) is 13.1 Å². The summed E-state index contributed by atoms with van der Waals surface area (Å²) in [6.45, 7) is 8.17. The van der Waals surface area contributed by atoms with Gasteiger partial charge in [-0.05, 0) is 77.0 Å². The number of H-pyrrole nitrogens is 1. The number of nitrogens with zero attached hydrogens (tertiary/aromatic N) is 6. The summed E-state index contributed by atoms with van der Waals surface area (Å²) in [7, 11) is 6.16. The van der Waals surface area contributed by atoms with Gasteiger partial charge in [0.15, 0.2) is 0 Å². The average molecular weight is 516 g/mol. The molecule has 200 valence electrons. The van der Waals surface area contributed by atoms with Crippen LogP contribution in [-0.2, 0) is 13.5 Å². The predicted octanol–water partition coefficient (Wildman–Crippen LogP) is 4.29. The second kappa shape index (κ2) is 10.1. The number of carbonyl (C=O) groups is 1. The molecule has 0 saturated heterocycles. The molecule has 1 aliphatic heterocycles. The van der Waals surface area contributed by atoms with E-state index >= 15 is 0 Å². The monoisotopic (exact) mass is 515 g/mol. The quantitative estimate of drug-likeness (QED) is 0.354. The Kier molecular flexibility index (Phi) is 6.83. The van der Waals surface area contributed by atoms with Crippen LogP contribution in [0.2, 0.25) is 0 Å². The third-order valence-electron chi connectivity index (χ3n) is 6.75. The minimum absolute atomic E-state index is 0.0302. The Labute approximate surface area is 223 Å². The summed E-state index contributed by atoms with van der Waals surface area (Å²) in [6, 6.07) is 6.38. The van der Waals surface area contributed by atoms with E-state index in [2.05, 4.69) is 74.0 Å². The van der Waals surface area contributed by atoms with E-state index in [9.17, 15) is 4.79 Å². The number of aromatic nitrogens is 5. The van der Waals surface area contributed by atoms with Gasteiger partial charge in [0.25, 0.3) is 0 Å². The molecule has 38 heavy (non-hydrogen) atoms. The van der Waals surface area contributed by atoms with Crippen LogP contribution < -0.4 is 10.6 Å². The van der Waals surface area contributed by atoms with Crippen molar-refractivity contribution in [3.05, 3.63) is 48.1 Å². The van der Waals surface area contributed by atoms with Crippen LogP contribution in [0.5, 0.6) is 0 Å². The first-order valence-corrected chi connectivity index (χ1v) is 13.0. The third-order valence-corrected chi connectivity index (χ3v) is 6.75. The van der Waals surface area contributed by atoms with E-state index in [1.807, 2.05) is 43.6 Å². The number of nitrogens with one attached hydrogen (secondary N) is 3. The molecule has 3 N–H and O–H groups in total. The number of fused-ring (bicyclic) bond motifs is 2. The van der Waals surface area contributed by atoms with E-state index in [0.717, 1.165) is 58.5 Å². The van der Waals surface area contributed by atoms with Crippen LogP contribution in [0.1, 0.15) is 38.4 Å². The second-order valence-corrected chi connectivity index (χ2v) is 11.3. The first kappa shape index (κ1) is 25.7. The van der Waals surface area contributed by atoms with Crippen molar-refractivity contribution in [2.45, 2.75) is 39.2 Å². The lowest BCUT2D eigenvalue weighted by Crippen LogP contribution is -2.49. The number of aryl methyl sites for hydroxylation is 1. The van der Waals surface area contributed by atoms with Gasteiger partial charge in [0.05, 0.1) is 17.1 Å². The molecule has 10 heteroatoms. The molecule has 0 unspecified atom stereocenters.